The first kappa shape index (κ1) is 20.8. The molecule has 0 radical (unpaired) electrons. The predicted molar refractivity (Wildman–Crippen MR) is 111 cm³/mol. The second-order valence-electron chi connectivity index (χ2n) is 6.04. The van der Waals surface area contributed by atoms with E-state index >= 15 is 0 Å². The summed E-state index contributed by atoms with van der Waals surface area (Å²) < 4.78 is 5.24. The van der Waals surface area contributed by atoms with Crippen LogP contribution in [0.4, 0.5) is 5.69 Å². The highest BCUT2D eigenvalue weighted by Gasteiger charge is 2.17. The zero-order valence-corrected chi connectivity index (χ0v) is 16.6. The van der Waals surface area contributed by atoms with Gasteiger partial charge in [-0.15, -0.1) is 11.8 Å². The third-order valence-corrected chi connectivity index (χ3v) is 4.89. The Morgan fingerprint density at radius 3 is 2.48 bits per heavy atom. The van der Waals surface area contributed by atoms with E-state index in [1.54, 1.807) is 35.9 Å². The number of rotatable bonds is 10. The number of anilines is 1. The Hall–Kier alpha value is -2.47. The van der Waals surface area contributed by atoms with E-state index in [4.69, 9.17) is 4.74 Å². The lowest BCUT2D eigenvalue weighted by Gasteiger charge is -2.22. The van der Waals surface area contributed by atoms with Crippen LogP contribution in [-0.4, -0.2) is 42.7 Å². The van der Waals surface area contributed by atoms with E-state index < -0.39 is 0 Å². The van der Waals surface area contributed by atoms with Crippen molar-refractivity contribution in [1.82, 2.24) is 4.90 Å². The molecule has 0 atom stereocenters. The van der Waals surface area contributed by atoms with Crippen molar-refractivity contribution in [2.45, 2.75) is 19.1 Å². The molecule has 0 unspecified atom stereocenters. The first-order chi connectivity index (χ1) is 13.1. The fourth-order valence-electron chi connectivity index (χ4n) is 2.59. The minimum Gasteiger partial charge on any atom is -0.495 e. The van der Waals surface area contributed by atoms with Crippen LogP contribution < -0.4 is 10.1 Å². The summed E-state index contributed by atoms with van der Waals surface area (Å²) in [6.07, 6.45) is 0.803. The molecular formula is C21H26N2O3S. The lowest BCUT2D eigenvalue weighted by atomic mass is 10.2. The van der Waals surface area contributed by atoms with Gasteiger partial charge in [0.2, 0.25) is 11.8 Å². The molecule has 0 bridgehead atoms. The average molecular weight is 387 g/mol. The van der Waals surface area contributed by atoms with Gasteiger partial charge in [0.15, 0.2) is 0 Å². The maximum atomic E-state index is 12.5. The Labute approximate surface area is 165 Å². The van der Waals surface area contributed by atoms with Gasteiger partial charge in [-0.1, -0.05) is 49.4 Å². The van der Waals surface area contributed by atoms with Crippen LogP contribution in [0.5, 0.6) is 5.75 Å². The van der Waals surface area contributed by atoms with Crippen LogP contribution in [0.25, 0.3) is 0 Å². The standard InChI is InChI=1S/C21H26N2O3S/c1-3-13-23(21(25)16-27-15-17-9-5-4-6-10-17)14-20(24)22-18-11-7-8-12-19(18)26-2/h4-12H,3,13-16H2,1-2H3,(H,22,24). The lowest BCUT2D eigenvalue weighted by molar-refractivity contribution is -0.132. The number of para-hydroxylation sites is 2. The second-order valence-corrected chi connectivity index (χ2v) is 7.03. The van der Waals surface area contributed by atoms with Gasteiger partial charge in [-0.25, -0.2) is 0 Å². The van der Waals surface area contributed by atoms with Crippen molar-refractivity contribution in [3.05, 3.63) is 60.2 Å². The number of amides is 2. The van der Waals surface area contributed by atoms with Gasteiger partial charge < -0.3 is 15.0 Å². The summed E-state index contributed by atoms with van der Waals surface area (Å²) in [6.45, 7) is 2.59. The Balaban J connectivity index is 1.87. The van der Waals surface area contributed by atoms with Gasteiger partial charge in [0.1, 0.15) is 5.75 Å². The van der Waals surface area contributed by atoms with Gasteiger partial charge in [0.25, 0.3) is 0 Å². The first-order valence-corrected chi connectivity index (χ1v) is 10.1. The molecule has 0 aromatic heterocycles. The first-order valence-electron chi connectivity index (χ1n) is 8.96. The van der Waals surface area contributed by atoms with Gasteiger partial charge in [-0.2, -0.15) is 0 Å². The minimum absolute atomic E-state index is 0.0204. The molecule has 0 aliphatic carbocycles. The van der Waals surface area contributed by atoms with Gasteiger partial charge in [0, 0.05) is 12.3 Å². The van der Waals surface area contributed by atoms with Gasteiger partial charge in [-0.05, 0) is 24.1 Å². The molecule has 5 nitrogen and oxygen atoms in total. The average Bonchev–Trinajstić information content (AvgIpc) is 2.68. The van der Waals surface area contributed by atoms with E-state index in [1.807, 2.05) is 49.4 Å². The fourth-order valence-corrected chi connectivity index (χ4v) is 3.48. The normalized spacial score (nSPS) is 10.3. The molecule has 2 amide bonds. The SMILES string of the molecule is CCCN(CC(=O)Nc1ccccc1OC)C(=O)CSCc1ccccc1. The highest BCUT2D eigenvalue weighted by atomic mass is 32.2. The van der Waals surface area contributed by atoms with E-state index in [0.717, 1.165) is 12.2 Å². The smallest absolute Gasteiger partial charge is 0.244 e. The van der Waals surface area contributed by atoms with Crippen molar-refractivity contribution in [3.8, 4) is 5.75 Å². The quantitative estimate of drug-likeness (QED) is 0.675. The molecule has 0 fully saturated rings. The van der Waals surface area contributed by atoms with Crippen LogP contribution in [-0.2, 0) is 15.3 Å². The zero-order chi connectivity index (χ0) is 19.5. The maximum Gasteiger partial charge on any atom is 0.244 e. The highest BCUT2D eigenvalue weighted by molar-refractivity contribution is 7.99. The molecule has 0 aliphatic rings. The van der Waals surface area contributed by atoms with Crippen LogP contribution in [0.2, 0.25) is 0 Å². The molecule has 2 aromatic rings. The summed E-state index contributed by atoms with van der Waals surface area (Å²) in [6, 6.07) is 17.3. The van der Waals surface area contributed by atoms with Crippen LogP contribution >= 0.6 is 11.8 Å². The summed E-state index contributed by atoms with van der Waals surface area (Å²) in [4.78, 5) is 26.5. The van der Waals surface area contributed by atoms with Gasteiger partial charge >= 0.3 is 0 Å². The fraction of sp³-hybridized carbons (Fsp3) is 0.333. The number of nitrogens with one attached hydrogen (secondary N) is 1. The summed E-state index contributed by atoms with van der Waals surface area (Å²) in [5.41, 5.74) is 1.79. The van der Waals surface area contributed by atoms with E-state index in [0.29, 0.717) is 23.7 Å². The highest BCUT2D eigenvalue weighted by Crippen LogP contribution is 2.23. The van der Waals surface area contributed by atoms with Crippen LogP contribution in [0, 0.1) is 0 Å². The number of benzene rings is 2. The number of methoxy groups -OCH3 is 1. The number of ether oxygens (including phenoxy) is 1. The topological polar surface area (TPSA) is 58.6 Å². The summed E-state index contributed by atoms with van der Waals surface area (Å²) in [5.74, 6) is 1.48. The van der Waals surface area contributed by atoms with Crippen LogP contribution in [0.3, 0.4) is 0 Å². The van der Waals surface area contributed by atoms with Crippen molar-refractivity contribution in [2.75, 3.05) is 31.3 Å². The second kappa shape index (κ2) is 11.3. The monoisotopic (exact) mass is 386 g/mol. The number of hydrogen-bond donors (Lipinski definition) is 1. The lowest BCUT2D eigenvalue weighted by Crippen LogP contribution is -2.39. The molecule has 0 spiro atoms. The van der Waals surface area contributed by atoms with Crippen LogP contribution in [0.15, 0.2) is 54.6 Å². The van der Waals surface area contributed by atoms with Crippen molar-refractivity contribution in [2.24, 2.45) is 0 Å². The van der Waals surface area contributed by atoms with E-state index in [1.165, 1.54) is 5.56 Å². The third-order valence-electron chi connectivity index (χ3n) is 3.90. The van der Waals surface area contributed by atoms with Crippen molar-refractivity contribution in [3.63, 3.8) is 0 Å². The Morgan fingerprint density at radius 1 is 1.07 bits per heavy atom. The van der Waals surface area contributed by atoms with E-state index in [9.17, 15) is 9.59 Å². The molecule has 27 heavy (non-hydrogen) atoms. The molecule has 6 heteroatoms. The molecule has 2 aromatic carbocycles. The van der Waals surface area contributed by atoms with Crippen LogP contribution in [0.1, 0.15) is 18.9 Å². The third kappa shape index (κ3) is 6.98. The minimum atomic E-state index is -0.227. The molecule has 1 N–H and O–H groups in total. The number of hydrogen-bond acceptors (Lipinski definition) is 4. The summed E-state index contributed by atoms with van der Waals surface area (Å²) >= 11 is 1.56. The summed E-state index contributed by atoms with van der Waals surface area (Å²) in [7, 11) is 1.56. The molecule has 2 rings (SSSR count). The molecule has 0 heterocycles. The number of thioether (sulfide) groups is 1. The molecule has 0 saturated heterocycles. The number of carbonyl (C=O) groups is 2. The van der Waals surface area contributed by atoms with Gasteiger partial charge in [-0.3, -0.25) is 9.59 Å². The Kier molecular flexibility index (Phi) is 8.71. The molecule has 0 aliphatic heterocycles. The maximum absolute atomic E-state index is 12.5. The molecule has 144 valence electrons. The molecular weight excluding hydrogens is 360 g/mol. The van der Waals surface area contributed by atoms with Crippen molar-refractivity contribution < 1.29 is 14.3 Å². The molecule has 0 saturated carbocycles. The van der Waals surface area contributed by atoms with Crippen molar-refractivity contribution >= 4 is 29.3 Å². The Bertz CT molecular complexity index is 737. The largest absolute Gasteiger partial charge is 0.495 e. The van der Waals surface area contributed by atoms with Crippen molar-refractivity contribution in [1.29, 1.82) is 0 Å². The Morgan fingerprint density at radius 2 is 1.78 bits per heavy atom. The van der Waals surface area contributed by atoms with Gasteiger partial charge in [0.05, 0.1) is 25.1 Å². The summed E-state index contributed by atoms with van der Waals surface area (Å²) in [5, 5.41) is 2.82. The zero-order valence-electron chi connectivity index (χ0n) is 15.8. The number of nitrogens with zero attached hydrogens (tertiary/aromatic N) is 1. The van der Waals surface area contributed by atoms with E-state index in [2.05, 4.69) is 5.32 Å². The van der Waals surface area contributed by atoms with E-state index in [-0.39, 0.29) is 18.4 Å². The predicted octanol–water partition coefficient (Wildman–Crippen LogP) is 3.81. The number of carbonyl (C=O) groups excluding carboxylic acids is 2.